The zero-order chi connectivity index (χ0) is 22.9. The maximum atomic E-state index is 13.2. The Labute approximate surface area is 190 Å². The molecule has 0 radical (unpaired) electrons. The topological polar surface area (TPSA) is 95.7 Å². The van der Waals surface area contributed by atoms with Crippen LogP contribution in [0.2, 0.25) is 5.02 Å². The van der Waals surface area contributed by atoms with E-state index in [1.54, 1.807) is 30.3 Å². The first-order chi connectivity index (χ1) is 15.3. The fraction of sp³-hybridized carbons (Fsp3) is 0.0870. The van der Waals surface area contributed by atoms with Gasteiger partial charge in [-0.1, -0.05) is 54.1 Å². The molecule has 3 aromatic carbocycles. The van der Waals surface area contributed by atoms with Gasteiger partial charge in [0.25, 0.3) is 0 Å². The number of halogens is 1. The van der Waals surface area contributed by atoms with Crippen LogP contribution in [0, 0.1) is 0 Å². The third-order valence-corrected chi connectivity index (χ3v) is 7.17. The molecule has 4 rings (SSSR count). The summed E-state index contributed by atoms with van der Waals surface area (Å²) in [5.41, 5.74) is 1.96. The Morgan fingerprint density at radius 2 is 1.66 bits per heavy atom. The summed E-state index contributed by atoms with van der Waals surface area (Å²) in [7, 11) is -2.63. The monoisotopic (exact) mass is 469 g/mol. The summed E-state index contributed by atoms with van der Waals surface area (Å²) in [5, 5.41) is 25.6. The Morgan fingerprint density at radius 1 is 0.969 bits per heavy atom. The number of phenolic OH excluding ortho intramolecular Hbond substituents is 2. The molecule has 0 bridgehead atoms. The minimum Gasteiger partial charge on any atom is -0.507 e. The van der Waals surface area contributed by atoms with Crippen LogP contribution in [0.1, 0.15) is 5.56 Å². The molecule has 0 spiro atoms. The highest BCUT2D eigenvalue weighted by Crippen LogP contribution is 2.39. The van der Waals surface area contributed by atoms with E-state index in [9.17, 15) is 18.6 Å². The van der Waals surface area contributed by atoms with Crippen LogP contribution in [-0.2, 0) is 16.6 Å². The Kier molecular flexibility index (Phi) is 5.92. The predicted octanol–water partition coefficient (Wildman–Crippen LogP) is 4.42. The van der Waals surface area contributed by atoms with Gasteiger partial charge in [0.2, 0.25) is 10.0 Å². The minimum atomic E-state index is -4.07. The van der Waals surface area contributed by atoms with Crippen LogP contribution in [0.25, 0.3) is 16.9 Å². The molecule has 4 aromatic rings. The van der Waals surface area contributed by atoms with Crippen molar-refractivity contribution in [2.24, 2.45) is 0 Å². The van der Waals surface area contributed by atoms with E-state index in [0.717, 1.165) is 15.9 Å². The van der Waals surface area contributed by atoms with Crippen molar-refractivity contribution in [2.75, 3.05) is 7.05 Å². The number of benzene rings is 3. The summed E-state index contributed by atoms with van der Waals surface area (Å²) in [6.07, 6.45) is 1.51. The molecule has 0 saturated heterocycles. The zero-order valence-electron chi connectivity index (χ0n) is 17.1. The lowest BCUT2D eigenvalue weighted by Crippen LogP contribution is -2.26. The van der Waals surface area contributed by atoms with Crippen LogP contribution in [0.4, 0.5) is 0 Å². The highest BCUT2D eigenvalue weighted by Gasteiger charge is 2.27. The molecule has 1 heterocycles. The number of rotatable bonds is 6. The molecule has 0 aliphatic heterocycles. The molecule has 0 fully saturated rings. The van der Waals surface area contributed by atoms with E-state index in [2.05, 4.69) is 5.10 Å². The number of sulfonamides is 1. The minimum absolute atomic E-state index is 0.121. The number of nitrogens with zero attached hydrogens (tertiary/aromatic N) is 3. The summed E-state index contributed by atoms with van der Waals surface area (Å²) in [5.74, 6) is -0.837. The molecule has 2 N–H and O–H groups in total. The summed E-state index contributed by atoms with van der Waals surface area (Å²) < 4.78 is 29.1. The average molecular weight is 470 g/mol. The van der Waals surface area contributed by atoms with Crippen LogP contribution >= 0.6 is 11.6 Å². The van der Waals surface area contributed by atoms with Crippen molar-refractivity contribution in [3.8, 4) is 28.4 Å². The Morgan fingerprint density at radius 3 is 2.38 bits per heavy atom. The number of hydrogen-bond donors (Lipinski definition) is 2. The van der Waals surface area contributed by atoms with Gasteiger partial charge in [0.05, 0.1) is 22.6 Å². The molecule has 0 saturated carbocycles. The quantitative estimate of drug-likeness (QED) is 0.435. The van der Waals surface area contributed by atoms with Crippen molar-refractivity contribution in [3.63, 3.8) is 0 Å². The molecule has 7 nitrogen and oxygen atoms in total. The van der Waals surface area contributed by atoms with Gasteiger partial charge >= 0.3 is 0 Å². The second-order valence-electron chi connectivity index (χ2n) is 7.16. The first kappa shape index (κ1) is 21.9. The van der Waals surface area contributed by atoms with E-state index in [0.29, 0.717) is 16.4 Å². The van der Waals surface area contributed by atoms with Crippen LogP contribution in [-0.4, -0.2) is 39.8 Å². The van der Waals surface area contributed by atoms with Crippen LogP contribution in [0.5, 0.6) is 11.5 Å². The third-order valence-electron chi connectivity index (χ3n) is 5.01. The SMILES string of the molecule is CN(Cc1ccccc1)S(=O)(=O)c1cc(-c2ccnn2-c2ccccc2Cl)c(O)cc1O. The van der Waals surface area contributed by atoms with E-state index < -0.39 is 15.8 Å². The van der Waals surface area contributed by atoms with E-state index in [-0.39, 0.29) is 22.8 Å². The van der Waals surface area contributed by atoms with Crippen molar-refractivity contribution in [1.29, 1.82) is 0 Å². The van der Waals surface area contributed by atoms with Crippen LogP contribution in [0.15, 0.2) is 83.9 Å². The molecular formula is C23H20ClN3O4S. The van der Waals surface area contributed by atoms with Crippen molar-refractivity contribution >= 4 is 21.6 Å². The Bertz CT molecular complexity index is 1370. The largest absolute Gasteiger partial charge is 0.507 e. The van der Waals surface area contributed by atoms with Gasteiger partial charge in [-0.25, -0.2) is 13.1 Å². The molecule has 0 aliphatic rings. The number of hydrogen-bond acceptors (Lipinski definition) is 5. The lowest BCUT2D eigenvalue weighted by molar-refractivity contribution is 0.430. The number of aromatic hydroxyl groups is 2. The van der Waals surface area contributed by atoms with Gasteiger partial charge in [-0.05, 0) is 29.8 Å². The van der Waals surface area contributed by atoms with Crippen molar-refractivity contribution in [3.05, 3.63) is 89.6 Å². The second kappa shape index (κ2) is 8.66. The molecule has 32 heavy (non-hydrogen) atoms. The zero-order valence-corrected chi connectivity index (χ0v) is 18.6. The van der Waals surface area contributed by atoms with Gasteiger partial charge in [0, 0.05) is 25.2 Å². The molecule has 0 unspecified atom stereocenters. The summed E-state index contributed by atoms with van der Waals surface area (Å²) >= 11 is 6.30. The molecule has 0 amide bonds. The van der Waals surface area contributed by atoms with Gasteiger partial charge < -0.3 is 10.2 Å². The third kappa shape index (κ3) is 4.08. The molecule has 0 atom stereocenters. The normalized spacial score (nSPS) is 11.7. The number of para-hydroxylation sites is 1. The van der Waals surface area contributed by atoms with Gasteiger partial charge in [-0.15, -0.1) is 0 Å². The van der Waals surface area contributed by atoms with Crippen molar-refractivity contribution in [2.45, 2.75) is 11.4 Å². The molecule has 9 heteroatoms. The molecule has 0 aliphatic carbocycles. The predicted molar refractivity (Wildman–Crippen MR) is 122 cm³/mol. The summed E-state index contributed by atoms with van der Waals surface area (Å²) in [4.78, 5) is -0.323. The summed E-state index contributed by atoms with van der Waals surface area (Å²) in [6.45, 7) is 0.121. The van der Waals surface area contributed by atoms with Gasteiger partial charge in [-0.2, -0.15) is 9.40 Å². The first-order valence-corrected chi connectivity index (χ1v) is 11.5. The highest BCUT2D eigenvalue weighted by molar-refractivity contribution is 7.89. The lowest BCUT2D eigenvalue weighted by atomic mass is 10.1. The van der Waals surface area contributed by atoms with Crippen LogP contribution < -0.4 is 0 Å². The van der Waals surface area contributed by atoms with Gasteiger partial charge in [0.1, 0.15) is 16.4 Å². The Hall–Kier alpha value is -3.33. The fourth-order valence-corrected chi connectivity index (χ4v) is 4.85. The van der Waals surface area contributed by atoms with Crippen LogP contribution in [0.3, 0.4) is 0 Å². The highest BCUT2D eigenvalue weighted by atomic mass is 35.5. The Balaban J connectivity index is 1.79. The molecular weight excluding hydrogens is 450 g/mol. The average Bonchev–Trinajstić information content (AvgIpc) is 3.24. The van der Waals surface area contributed by atoms with E-state index in [1.807, 2.05) is 30.3 Å². The number of phenols is 2. The van der Waals surface area contributed by atoms with E-state index in [1.165, 1.54) is 24.0 Å². The number of aromatic nitrogens is 2. The van der Waals surface area contributed by atoms with E-state index in [4.69, 9.17) is 11.6 Å². The molecule has 164 valence electrons. The van der Waals surface area contributed by atoms with Gasteiger partial charge in [0.15, 0.2) is 0 Å². The fourth-order valence-electron chi connectivity index (χ4n) is 3.39. The van der Waals surface area contributed by atoms with E-state index >= 15 is 0 Å². The first-order valence-electron chi connectivity index (χ1n) is 9.64. The van der Waals surface area contributed by atoms with Gasteiger partial charge in [-0.3, -0.25) is 0 Å². The summed E-state index contributed by atoms with van der Waals surface area (Å²) in [6, 6.07) is 20.0. The standard InChI is InChI=1S/C23H20ClN3O4S/c1-26(15-16-7-3-2-4-8-16)32(30,31)23-13-17(21(28)14-22(23)29)19-11-12-25-27(19)20-10-6-5-9-18(20)24/h2-14,28-29H,15H2,1H3. The smallest absolute Gasteiger partial charge is 0.246 e. The maximum Gasteiger partial charge on any atom is 0.246 e. The maximum absolute atomic E-state index is 13.2. The lowest BCUT2D eigenvalue weighted by Gasteiger charge is -2.19. The van der Waals surface area contributed by atoms with Crippen molar-refractivity contribution < 1.29 is 18.6 Å². The second-order valence-corrected chi connectivity index (χ2v) is 9.58. The molecule has 1 aromatic heterocycles. The van der Waals surface area contributed by atoms with Crippen molar-refractivity contribution in [1.82, 2.24) is 14.1 Å².